The van der Waals surface area contributed by atoms with Gasteiger partial charge in [-0.2, -0.15) is 0 Å². The summed E-state index contributed by atoms with van der Waals surface area (Å²) in [7, 11) is 0. The van der Waals surface area contributed by atoms with Crippen molar-refractivity contribution in [1.29, 1.82) is 0 Å². The van der Waals surface area contributed by atoms with Gasteiger partial charge in [0, 0.05) is 37.1 Å². The topological polar surface area (TPSA) is 35.2 Å². The quantitative estimate of drug-likeness (QED) is 0.656. The summed E-state index contributed by atoms with van der Waals surface area (Å²) in [6, 6.07) is 13.7. The first kappa shape index (κ1) is 14.9. The van der Waals surface area contributed by atoms with E-state index in [1.807, 2.05) is 47.8 Å². The highest BCUT2D eigenvalue weighted by Crippen LogP contribution is 2.35. The molecule has 3 aromatic rings. The summed E-state index contributed by atoms with van der Waals surface area (Å²) in [4.78, 5) is 1.10. The summed E-state index contributed by atoms with van der Waals surface area (Å²) in [6.07, 6.45) is -0.161. The van der Waals surface area contributed by atoms with Crippen molar-refractivity contribution in [2.24, 2.45) is 5.73 Å². The molecule has 0 fully saturated rings. The monoisotopic (exact) mass is 381 g/mol. The van der Waals surface area contributed by atoms with Crippen molar-refractivity contribution in [1.82, 2.24) is 0 Å². The van der Waals surface area contributed by atoms with Gasteiger partial charge in [0.25, 0.3) is 0 Å². The molecule has 1 aromatic heterocycles. The average molecular weight is 383 g/mol. The summed E-state index contributed by atoms with van der Waals surface area (Å²) < 4.78 is 7.18. The Labute approximate surface area is 140 Å². The fraction of sp³-hybridized carbons (Fsp3) is 0.125. The van der Waals surface area contributed by atoms with Gasteiger partial charge in [0.1, 0.15) is 11.9 Å². The van der Waals surface area contributed by atoms with Crippen LogP contribution in [0.25, 0.3) is 10.8 Å². The van der Waals surface area contributed by atoms with Gasteiger partial charge >= 0.3 is 0 Å². The highest BCUT2D eigenvalue weighted by Gasteiger charge is 2.15. The fourth-order valence-electron chi connectivity index (χ4n) is 2.21. The predicted molar refractivity (Wildman–Crippen MR) is 93.4 cm³/mol. The molecule has 0 aliphatic carbocycles. The van der Waals surface area contributed by atoms with Crippen LogP contribution in [0, 0.1) is 0 Å². The molecule has 5 heteroatoms. The Hall–Kier alpha value is -1.07. The summed E-state index contributed by atoms with van der Waals surface area (Å²) in [6.45, 7) is 0.421. The van der Waals surface area contributed by atoms with E-state index in [1.54, 1.807) is 11.3 Å². The van der Waals surface area contributed by atoms with Crippen molar-refractivity contribution >= 4 is 49.6 Å². The van der Waals surface area contributed by atoms with Gasteiger partial charge in [-0.05, 0) is 34.1 Å². The van der Waals surface area contributed by atoms with Gasteiger partial charge in [-0.25, -0.2) is 0 Å². The number of fused-ring (bicyclic) bond motifs is 1. The van der Waals surface area contributed by atoms with E-state index in [1.165, 1.54) is 0 Å². The van der Waals surface area contributed by atoms with Gasteiger partial charge in [-0.3, -0.25) is 0 Å². The maximum atomic E-state index is 6.24. The highest BCUT2D eigenvalue weighted by molar-refractivity contribution is 9.10. The molecular weight excluding hydrogens is 370 g/mol. The van der Waals surface area contributed by atoms with E-state index in [-0.39, 0.29) is 6.10 Å². The Morgan fingerprint density at radius 2 is 1.95 bits per heavy atom. The second kappa shape index (κ2) is 6.36. The average Bonchev–Trinajstić information content (AvgIpc) is 2.93. The van der Waals surface area contributed by atoms with Gasteiger partial charge in [-0.15, -0.1) is 11.3 Å². The van der Waals surface area contributed by atoms with E-state index >= 15 is 0 Å². The normalized spacial score (nSPS) is 12.5. The molecule has 0 aliphatic heterocycles. The van der Waals surface area contributed by atoms with Crippen LogP contribution in [0.2, 0.25) is 5.02 Å². The number of rotatable bonds is 4. The maximum absolute atomic E-state index is 6.24. The lowest BCUT2D eigenvalue weighted by atomic mass is 10.1. The Balaban J connectivity index is 1.99. The Morgan fingerprint density at radius 1 is 1.19 bits per heavy atom. The fourth-order valence-corrected chi connectivity index (χ4v) is 3.92. The minimum Gasteiger partial charge on any atom is -0.483 e. The number of benzene rings is 2. The first-order valence-corrected chi connectivity index (χ1v) is 8.52. The van der Waals surface area contributed by atoms with Crippen molar-refractivity contribution in [2.75, 3.05) is 6.54 Å². The molecule has 0 aliphatic rings. The molecule has 0 spiro atoms. The third-order valence-electron chi connectivity index (χ3n) is 3.22. The minimum absolute atomic E-state index is 0.161. The van der Waals surface area contributed by atoms with E-state index < -0.39 is 0 Å². The van der Waals surface area contributed by atoms with Crippen LogP contribution < -0.4 is 10.5 Å². The van der Waals surface area contributed by atoms with E-state index in [4.69, 9.17) is 22.1 Å². The van der Waals surface area contributed by atoms with Crippen molar-refractivity contribution in [2.45, 2.75) is 6.10 Å². The minimum atomic E-state index is -0.161. The molecule has 2 nitrogen and oxygen atoms in total. The van der Waals surface area contributed by atoms with Gasteiger partial charge in [-0.1, -0.05) is 35.9 Å². The van der Waals surface area contributed by atoms with Gasteiger partial charge in [0.15, 0.2) is 0 Å². The van der Waals surface area contributed by atoms with Crippen LogP contribution in [-0.4, -0.2) is 6.54 Å². The third-order valence-corrected chi connectivity index (χ3v) is 5.33. The standard InChI is InChI=1S/C16H13BrClNOS/c17-10-7-16(21-9-10)15(8-19)20-14-6-5-13(18)11-3-1-2-4-12(11)14/h1-7,9,15H,8,19H2. The van der Waals surface area contributed by atoms with Crippen LogP contribution >= 0.6 is 38.9 Å². The molecule has 0 bridgehead atoms. The predicted octanol–water partition coefficient (Wildman–Crippen LogP) is 5.40. The zero-order chi connectivity index (χ0) is 14.8. The Bertz CT molecular complexity index is 774. The summed E-state index contributed by atoms with van der Waals surface area (Å²) in [5, 5.41) is 4.74. The van der Waals surface area contributed by atoms with Crippen molar-refractivity contribution in [3.8, 4) is 5.75 Å². The largest absolute Gasteiger partial charge is 0.483 e. The lowest BCUT2D eigenvalue weighted by molar-refractivity contribution is 0.221. The van der Waals surface area contributed by atoms with Crippen molar-refractivity contribution in [3.05, 3.63) is 62.2 Å². The SMILES string of the molecule is NCC(Oc1ccc(Cl)c2ccccc12)c1cc(Br)cs1. The second-order valence-corrected chi connectivity index (χ2v) is 6.87. The molecule has 21 heavy (non-hydrogen) atoms. The number of nitrogens with two attached hydrogens (primary N) is 1. The van der Waals surface area contributed by atoms with E-state index in [0.29, 0.717) is 6.54 Å². The lowest BCUT2D eigenvalue weighted by Crippen LogP contribution is -2.17. The molecule has 0 amide bonds. The van der Waals surface area contributed by atoms with Crippen LogP contribution in [0.1, 0.15) is 11.0 Å². The number of halogens is 2. The number of hydrogen-bond acceptors (Lipinski definition) is 3. The zero-order valence-electron chi connectivity index (χ0n) is 11.1. The summed E-state index contributed by atoms with van der Waals surface area (Å²) in [5.41, 5.74) is 5.88. The van der Waals surface area contributed by atoms with Crippen molar-refractivity contribution in [3.63, 3.8) is 0 Å². The number of ether oxygens (including phenoxy) is 1. The molecule has 0 saturated carbocycles. The zero-order valence-corrected chi connectivity index (χ0v) is 14.2. The Morgan fingerprint density at radius 3 is 2.62 bits per heavy atom. The Kier molecular flexibility index (Phi) is 4.50. The summed E-state index contributed by atoms with van der Waals surface area (Å²) >= 11 is 11.3. The lowest BCUT2D eigenvalue weighted by Gasteiger charge is -2.18. The molecular formula is C16H13BrClNOS. The smallest absolute Gasteiger partial charge is 0.145 e. The first-order valence-electron chi connectivity index (χ1n) is 6.47. The van der Waals surface area contributed by atoms with Crippen LogP contribution in [-0.2, 0) is 0 Å². The van der Waals surface area contributed by atoms with Gasteiger partial charge in [0.05, 0.1) is 0 Å². The molecule has 1 atom stereocenters. The van der Waals surface area contributed by atoms with E-state index in [9.17, 15) is 0 Å². The van der Waals surface area contributed by atoms with Crippen LogP contribution in [0.3, 0.4) is 0 Å². The number of thiophene rings is 1. The van der Waals surface area contributed by atoms with Crippen LogP contribution in [0.15, 0.2) is 52.3 Å². The maximum Gasteiger partial charge on any atom is 0.145 e. The van der Waals surface area contributed by atoms with Gasteiger partial charge < -0.3 is 10.5 Å². The molecule has 1 heterocycles. The molecule has 3 rings (SSSR count). The molecule has 0 radical (unpaired) electrons. The highest BCUT2D eigenvalue weighted by atomic mass is 79.9. The van der Waals surface area contributed by atoms with Gasteiger partial charge in [0.2, 0.25) is 0 Å². The second-order valence-electron chi connectivity index (χ2n) is 4.60. The molecule has 2 N–H and O–H groups in total. The first-order chi connectivity index (χ1) is 10.2. The van der Waals surface area contributed by atoms with E-state index in [2.05, 4.69) is 15.9 Å². The molecule has 0 saturated heterocycles. The van der Waals surface area contributed by atoms with Crippen LogP contribution in [0.5, 0.6) is 5.75 Å². The third kappa shape index (κ3) is 3.09. The summed E-state index contributed by atoms with van der Waals surface area (Å²) in [5.74, 6) is 0.801. The van der Waals surface area contributed by atoms with Crippen LogP contribution in [0.4, 0.5) is 0 Å². The van der Waals surface area contributed by atoms with E-state index in [0.717, 1.165) is 30.9 Å². The van der Waals surface area contributed by atoms with Crippen molar-refractivity contribution < 1.29 is 4.74 Å². The molecule has 2 aromatic carbocycles. The molecule has 1 unspecified atom stereocenters. The number of hydrogen-bond donors (Lipinski definition) is 1. The molecule has 108 valence electrons.